The molecular weight excluding hydrogens is 342 g/mol. The normalized spacial score (nSPS) is 24.2. The fourth-order valence-corrected chi connectivity index (χ4v) is 3.83. The molecule has 6 nitrogen and oxygen atoms in total. The average Bonchev–Trinajstić information content (AvgIpc) is 2.59. The van der Waals surface area contributed by atoms with Gasteiger partial charge in [0, 0.05) is 23.3 Å². The van der Waals surface area contributed by atoms with Crippen LogP contribution in [0.1, 0.15) is 27.2 Å². The lowest BCUT2D eigenvalue weighted by Gasteiger charge is -2.58. The van der Waals surface area contributed by atoms with Crippen LogP contribution in [0.25, 0.3) is 0 Å². The topological polar surface area (TPSA) is 84.9 Å². The van der Waals surface area contributed by atoms with Crippen molar-refractivity contribution in [3.63, 3.8) is 0 Å². The molecule has 0 aromatic heterocycles. The van der Waals surface area contributed by atoms with Gasteiger partial charge in [-0.3, -0.25) is 4.79 Å². The van der Waals surface area contributed by atoms with E-state index >= 15 is 0 Å². The molecule has 0 saturated heterocycles. The van der Waals surface area contributed by atoms with E-state index in [1.807, 2.05) is 45.0 Å². The van der Waals surface area contributed by atoms with Crippen LogP contribution in [0.3, 0.4) is 0 Å². The number of ether oxygens (including phenoxy) is 2. The van der Waals surface area contributed by atoms with Crippen molar-refractivity contribution in [2.24, 2.45) is 5.41 Å². The molecule has 2 atom stereocenters. The summed E-state index contributed by atoms with van der Waals surface area (Å²) >= 11 is 1.35. The van der Waals surface area contributed by atoms with Gasteiger partial charge in [-0.1, -0.05) is 13.8 Å². The molecule has 0 heterocycles. The number of amides is 1. The molecule has 1 aromatic rings. The number of nitrogens with one attached hydrogen (secondary N) is 1. The molecule has 138 valence electrons. The van der Waals surface area contributed by atoms with E-state index in [-0.39, 0.29) is 24.2 Å². The van der Waals surface area contributed by atoms with Crippen LogP contribution in [-0.4, -0.2) is 48.1 Å². The van der Waals surface area contributed by atoms with Gasteiger partial charge in [0.2, 0.25) is 5.91 Å². The number of thioether (sulfide) groups is 1. The van der Waals surface area contributed by atoms with E-state index in [2.05, 4.69) is 5.32 Å². The van der Waals surface area contributed by atoms with E-state index in [1.54, 1.807) is 7.11 Å². The van der Waals surface area contributed by atoms with Crippen molar-refractivity contribution in [3.8, 4) is 5.75 Å². The van der Waals surface area contributed by atoms with Crippen molar-refractivity contribution in [2.75, 3.05) is 19.5 Å². The minimum atomic E-state index is -1.29. The van der Waals surface area contributed by atoms with E-state index in [0.717, 1.165) is 10.6 Å². The van der Waals surface area contributed by atoms with Gasteiger partial charge in [0.25, 0.3) is 0 Å². The standard InChI is InChI=1S/C18H25NO5S/c1-5-24-14-10-18(16(21)22,17(14,2)3)19-15(20)11-25-13-8-6-12(23-4)7-9-13/h6-9,14H,5,10-11H2,1-4H3,(H,19,20)(H,21,22). The molecular formula is C18H25NO5S. The average molecular weight is 367 g/mol. The number of carbonyl (C=O) groups is 2. The molecule has 0 bridgehead atoms. The maximum Gasteiger partial charge on any atom is 0.330 e. The van der Waals surface area contributed by atoms with Gasteiger partial charge in [-0.05, 0) is 31.2 Å². The Hall–Kier alpha value is -1.73. The number of carboxylic acid groups (broad SMARTS) is 1. The Balaban J connectivity index is 1.98. The summed E-state index contributed by atoms with van der Waals surface area (Å²) in [6.45, 7) is 6.04. The van der Waals surface area contributed by atoms with Gasteiger partial charge in [-0.2, -0.15) is 0 Å². The highest BCUT2D eigenvalue weighted by Gasteiger charge is 2.66. The van der Waals surface area contributed by atoms with Crippen molar-refractivity contribution in [2.45, 2.75) is 43.7 Å². The highest BCUT2D eigenvalue weighted by Crippen LogP contribution is 2.51. The third-order valence-electron chi connectivity index (χ3n) is 4.91. The fourth-order valence-electron chi connectivity index (χ4n) is 3.13. The minimum Gasteiger partial charge on any atom is -0.497 e. The second-order valence-corrected chi connectivity index (χ2v) is 7.64. The zero-order chi connectivity index (χ0) is 18.7. The van der Waals surface area contributed by atoms with E-state index in [4.69, 9.17) is 9.47 Å². The first kappa shape index (κ1) is 19.6. The largest absolute Gasteiger partial charge is 0.497 e. The van der Waals surface area contributed by atoms with Crippen LogP contribution >= 0.6 is 11.8 Å². The maximum absolute atomic E-state index is 12.3. The Kier molecular flexibility index (Phi) is 6.00. The number of hydrogen-bond donors (Lipinski definition) is 2. The highest BCUT2D eigenvalue weighted by atomic mass is 32.2. The van der Waals surface area contributed by atoms with Gasteiger partial charge >= 0.3 is 5.97 Å². The molecule has 1 fully saturated rings. The number of rotatable bonds is 8. The first-order valence-corrected chi connectivity index (χ1v) is 9.18. The van der Waals surface area contributed by atoms with E-state index in [1.165, 1.54) is 11.8 Å². The number of hydrogen-bond acceptors (Lipinski definition) is 5. The Bertz CT molecular complexity index is 631. The zero-order valence-corrected chi connectivity index (χ0v) is 15.8. The molecule has 2 unspecified atom stereocenters. The lowest BCUT2D eigenvalue weighted by molar-refractivity contribution is -0.194. The summed E-state index contributed by atoms with van der Waals surface area (Å²) in [5, 5.41) is 12.4. The molecule has 1 aliphatic carbocycles. The summed E-state index contributed by atoms with van der Waals surface area (Å²) < 4.78 is 10.7. The Morgan fingerprint density at radius 1 is 1.32 bits per heavy atom. The van der Waals surface area contributed by atoms with Crippen molar-refractivity contribution in [3.05, 3.63) is 24.3 Å². The van der Waals surface area contributed by atoms with Crippen LogP contribution in [-0.2, 0) is 14.3 Å². The summed E-state index contributed by atoms with van der Waals surface area (Å²) in [4.78, 5) is 25.1. The number of carboxylic acids is 1. The summed E-state index contributed by atoms with van der Waals surface area (Å²) in [6.07, 6.45) is 0.102. The Morgan fingerprint density at radius 2 is 1.96 bits per heavy atom. The van der Waals surface area contributed by atoms with E-state index < -0.39 is 16.9 Å². The van der Waals surface area contributed by atoms with Gasteiger partial charge in [0.15, 0.2) is 0 Å². The summed E-state index contributed by atoms with van der Waals surface area (Å²) in [6, 6.07) is 7.37. The Morgan fingerprint density at radius 3 is 2.44 bits per heavy atom. The second-order valence-electron chi connectivity index (χ2n) is 6.59. The summed E-state index contributed by atoms with van der Waals surface area (Å²) in [5.41, 5.74) is -1.96. The molecule has 7 heteroatoms. The van der Waals surface area contributed by atoms with Gasteiger partial charge in [-0.25, -0.2) is 4.79 Å². The molecule has 1 aliphatic rings. The van der Waals surface area contributed by atoms with E-state index in [9.17, 15) is 14.7 Å². The molecule has 0 aliphatic heterocycles. The van der Waals surface area contributed by atoms with Gasteiger partial charge in [-0.15, -0.1) is 11.8 Å². The van der Waals surface area contributed by atoms with Crippen molar-refractivity contribution >= 4 is 23.6 Å². The number of benzene rings is 1. The van der Waals surface area contributed by atoms with Crippen LogP contribution in [0.15, 0.2) is 29.2 Å². The third-order valence-corrected chi connectivity index (χ3v) is 5.92. The molecule has 25 heavy (non-hydrogen) atoms. The Labute approximate surface area is 152 Å². The summed E-state index contributed by atoms with van der Waals surface area (Å²) in [7, 11) is 1.59. The van der Waals surface area contributed by atoms with Crippen molar-refractivity contribution < 1.29 is 24.2 Å². The molecule has 1 aromatic carbocycles. The molecule has 0 spiro atoms. The maximum atomic E-state index is 12.3. The first-order chi connectivity index (χ1) is 11.8. The van der Waals surface area contributed by atoms with Crippen LogP contribution in [0.4, 0.5) is 0 Å². The predicted molar refractivity (Wildman–Crippen MR) is 96.0 cm³/mol. The quantitative estimate of drug-likeness (QED) is 0.687. The molecule has 2 rings (SSSR count). The zero-order valence-electron chi connectivity index (χ0n) is 15.0. The first-order valence-electron chi connectivity index (χ1n) is 8.19. The van der Waals surface area contributed by atoms with E-state index in [0.29, 0.717) is 6.61 Å². The SMILES string of the molecule is CCOC1CC(NC(=O)CSc2ccc(OC)cc2)(C(=O)O)C1(C)C. The lowest BCUT2D eigenvalue weighted by Crippen LogP contribution is -2.76. The lowest BCUT2D eigenvalue weighted by atomic mass is 9.54. The summed E-state index contributed by atoms with van der Waals surface area (Å²) in [5.74, 6) is -0.421. The smallest absolute Gasteiger partial charge is 0.330 e. The molecule has 2 N–H and O–H groups in total. The fraction of sp³-hybridized carbons (Fsp3) is 0.556. The van der Waals surface area contributed by atoms with Gasteiger partial charge < -0.3 is 19.9 Å². The van der Waals surface area contributed by atoms with Crippen LogP contribution in [0.5, 0.6) is 5.75 Å². The highest BCUT2D eigenvalue weighted by molar-refractivity contribution is 8.00. The van der Waals surface area contributed by atoms with Crippen LogP contribution < -0.4 is 10.1 Å². The molecule has 1 saturated carbocycles. The van der Waals surface area contributed by atoms with Gasteiger partial charge in [0.1, 0.15) is 11.3 Å². The minimum absolute atomic E-state index is 0.150. The van der Waals surface area contributed by atoms with Crippen molar-refractivity contribution in [1.82, 2.24) is 5.32 Å². The number of aliphatic carboxylic acids is 1. The number of methoxy groups -OCH3 is 1. The molecule has 1 amide bonds. The van der Waals surface area contributed by atoms with Crippen LogP contribution in [0, 0.1) is 5.41 Å². The molecule has 0 radical (unpaired) electrons. The van der Waals surface area contributed by atoms with Gasteiger partial charge in [0.05, 0.1) is 19.0 Å². The van der Waals surface area contributed by atoms with Crippen LogP contribution in [0.2, 0.25) is 0 Å². The number of carbonyl (C=O) groups excluding carboxylic acids is 1. The van der Waals surface area contributed by atoms with Crippen molar-refractivity contribution in [1.29, 1.82) is 0 Å². The third kappa shape index (κ3) is 3.77. The monoisotopic (exact) mass is 367 g/mol. The predicted octanol–water partition coefficient (Wildman–Crippen LogP) is 2.56. The second kappa shape index (κ2) is 7.66.